The summed E-state index contributed by atoms with van der Waals surface area (Å²) in [5.74, 6) is -4.04. The molecule has 274 valence electrons. The van der Waals surface area contributed by atoms with Gasteiger partial charge in [-0.3, -0.25) is 19.2 Å². The number of rotatable bonds is 19. The zero-order chi connectivity index (χ0) is 36.8. The van der Waals surface area contributed by atoms with Gasteiger partial charge in [-0.25, -0.2) is 4.79 Å². The summed E-state index contributed by atoms with van der Waals surface area (Å²) >= 11 is 0. The molecule has 0 aromatic heterocycles. The third kappa shape index (κ3) is 12.0. The number of aliphatic hydroxyl groups is 1. The lowest BCUT2D eigenvalue weighted by molar-refractivity contribution is -0.143. The molecule has 1 saturated heterocycles. The highest BCUT2D eigenvalue weighted by Crippen LogP contribution is 2.20. The van der Waals surface area contributed by atoms with Crippen molar-refractivity contribution in [2.24, 2.45) is 5.73 Å². The number of hydrogen-bond acceptors (Lipinski definition) is 9. The zero-order valence-electron chi connectivity index (χ0n) is 28.7. The fraction of sp³-hybridized carbons (Fsp3) is 0.528. The van der Waals surface area contributed by atoms with Gasteiger partial charge in [0.15, 0.2) is 0 Å². The number of phenols is 2. The summed E-state index contributed by atoms with van der Waals surface area (Å²) in [7, 11) is 0. The van der Waals surface area contributed by atoms with E-state index in [0.29, 0.717) is 24.0 Å². The van der Waals surface area contributed by atoms with E-state index in [0.717, 1.165) is 32.1 Å². The number of nitrogens with zero attached hydrogens (tertiary/aromatic N) is 1. The number of phenolic OH excluding ortho intramolecular Hbond substituents is 2. The van der Waals surface area contributed by atoms with Crippen LogP contribution in [0.1, 0.15) is 76.3 Å². The number of aliphatic carboxylic acids is 1. The van der Waals surface area contributed by atoms with Crippen LogP contribution in [0.2, 0.25) is 0 Å². The second-order valence-corrected chi connectivity index (χ2v) is 12.9. The van der Waals surface area contributed by atoms with Crippen molar-refractivity contribution in [2.75, 3.05) is 6.54 Å². The van der Waals surface area contributed by atoms with Gasteiger partial charge in [-0.15, -0.1) is 0 Å². The maximum Gasteiger partial charge on any atom is 0.326 e. The fourth-order valence-corrected chi connectivity index (χ4v) is 5.93. The minimum absolute atomic E-state index is 0.00263. The maximum absolute atomic E-state index is 13.7. The van der Waals surface area contributed by atoms with Crippen molar-refractivity contribution in [3.8, 4) is 11.5 Å². The molecule has 6 atom stereocenters. The monoisotopic (exact) mass is 697 g/mol. The summed E-state index contributed by atoms with van der Waals surface area (Å²) in [5, 5.41) is 47.3. The van der Waals surface area contributed by atoms with Crippen LogP contribution >= 0.6 is 0 Å². The minimum Gasteiger partial charge on any atom is -0.508 e. The molecule has 0 saturated carbocycles. The molecule has 1 aliphatic rings. The SMILES string of the molecule is CCCCCCCC(N)C(O)C(=O)NC(C)C(=O)N1CCCC1C(=O)NC(Cc1ccc(O)cc1)C(=O)NC(Cc1ccc(O)cc1)C(=O)O. The summed E-state index contributed by atoms with van der Waals surface area (Å²) in [5.41, 5.74) is 7.17. The third-order valence-corrected chi connectivity index (χ3v) is 8.88. The lowest BCUT2D eigenvalue weighted by Gasteiger charge is -2.29. The molecule has 50 heavy (non-hydrogen) atoms. The lowest BCUT2D eigenvalue weighted by atomic mass is 10.0. The molecule has 2 aromatic carbocycles. The van der Waals surface area contributed by atoms with Crippen molar-refractivity contribution in [1.29, 1.82) is 0 Å². The van der Waals surface area contributed by atoms with E-state index >= 15 is 0 Å². The topological polar surface area (TPSA) is 232 Å². The molecule has 1 fully saturated rings. The number of carboxylic acids is 1. The van der Waals surface area contributed by atoms with Gasteiger partial charge in [-0.1, -0.05) is 63.3 Å². The van der Waals surface area contributed by atoms with E-state index in [1.54, 1.807) is 12.1 Å². The van der Waals surface area contributed by atoms with Gasteiger partial charge in [0.25, 0.3) is 5.91 Å². The van der Waals surface area contributed by atoms with Crippen molar-refractivity contribution < 1.29 is 44.4 Å². The minimum atomic E-state index is -1.50. The fourth-order valence-electron chi connectivity index (χ4n) is 5.93. The number of carboxylic acid groups (broad SMARTS) is 1. The highest BCUT2D eigenvalue weighted by molar-refractivity contribution is 5.95. The Balaban J connectivity index is 1.68. The number of benzene rings is 2. The van der Waals surface area contributed by atoms with Crippen molar-refractivity contribution in [3.63, 3.8) is 0 Å². The molecule has 0 spiro atoms. The highest BCUT2D eigenvalue weighted by Gasteiger charge is 2.39. The highest BCUT2D eigenvalue weighted by atomic mass is 16.4. The number of hydrogen-bond donors (Lipinski definition) is 8. The largest absolute Gasteiger partial charge is 0.508 e. The Morgan fingerprint density at radius 3 is 1.94 bits per heavy atom. The Morgan fingerprint density at radius 1 is 0.820 bits per heavy atom. The predicted molar refractivity (Wildman–Crippen MR) is 185 cm³/mol. The molecule has 2 aromatic rings. The van der Waals surface area contributed by atoms with Gasteiger partial charge >= 0.3 is 5.97 Å². The molecular formula is C36H51N5O9. The molecule has 3 rings (SSSR count). The van der Waals surface area contributed by atoms with Crippen LogP contribution in [0.3, 0.4) is 0 Å². The second-order valence-electron chi connectivity index (χ2n) is 12.9. The molecule has 1 aliphatic heterocycles. The van der Waals surface area contributed by atoms with Gasteiger partial charge in [0.05, 0.1) is 0 Å². The van der Waals surface area contributed by atoms with Crippen molar-refractivity contribution in [2.45, 2.75) is 114 Å². The number of nitrogens with two attached hydrogens (primary N) is 1. The average molecular weight is 698 g/mol. The molecule has 1 heterocycles. The smallest absolute Gasteiger partial charge is 0.326 e. The summed E-state index contributed by atoms with van der Waals surface area (Å²) in [6, 6.07) is 6.40. The van der Waals surface area contributed by atoms with Crippen molar-refractivity contribution in [1.82, 2.24) is 20.9 Å². The van der Waals surface area contributed by atoms with Crippen LogP contribution in [0.5, 0.6) is 11.5 Å². The first-order chi connectivity index (χ1) is 23.8. The van der Waals surface area contributed by atoms with Crippen molar-refractivity contribution >= 4 is 29.6 Å². The van der Waals surface area contributed by atoms with E-state index in [4.69, 9.17) is 5.73 Å². The van der Waals surface area contributed by atoms with Crippen LogP contribution in [0.15, 0.2) is 48.5 Å². The van der Waals surface area contributed by atoms with E-state index in [-0.39, 0.29) is 37.3 Å². The molecule has 0 aliphatic carbocycles. The van der Waals surface area contributed by atoms with Gasteiger partial charge in [0.2, 0.25) is 17.7 Å². The zero-order valence-corrected chi connectivity index (χ0v) is 28.7. The molecule has 14 heteroatoms. The Labute approximate surface area is 292 Å². The quantitative estimate of drug-likeness (QED) is 0.0986. The number of carbonyl (C=O) groups is 5. The van der Waals surface area contributed by atoms with Gasteiger partial charge in [-0.05, 0) is 61.6 Å². The van der Waals surface area contributed by atoms with Crippen LogP contribution in [0.25, 0.3) is 0 Å². The van der Waals surface area contributed by atoms with E-state index in [2.05, 4.69) is 22.9 Å². The van der Waals surface area contributed by atoms with Crippen LogP contribution < -0.4 is 21.7 Å². The maximum atomic E-state index is 13.7. The molecule has 0 radical (unpaired) electrons. The van der Waals surface area contributed by atoms with E-state index < -0.39 is 65.9 Å². The number of nitrogens with one attached hydrogen (secondary N) is 3. The molecule has 6 unspecified atom stereocenters. The molecule has 0 bridgehead atoms. The van der Waals surface area contributed by atoms with Crippen LogP contribution in [0.4, 0.5) is 0 Å². The Hall–Kier alpha value is -4.69. The third-order valence-electron chi connectivity index (χ3n) is 8.88. The number of aliphatic hydroxyl groups excluding tert-OH is 1. The number of unbranched alkanes of at least 4 members (excludes halogenated alkanes) is 4. The van der Waals surface area contributed by atoms with E-state index in [1.807, 2.05) is 0 Å². The first-order valence-corrected chi connectivity index (χ1v) is 17.2. The van der Waals surface area contributed by atoms with E-state index in [9.17, 15) is 44.4 Å². The predicted octanol–water partition coefficient (Wildman–Crippen LogP) is 1.48. The number of carbonyl (C=O) groups excluding carboxylic acids is 4. The van der Waals surface area contributed by atoms with Gasteiger partial charge < -0.3 is 47.0 Å². The lowest BCUT2D eigenvalue weighted by Crippen LogP contribution is -2.58. The van der Waals surface area contributed by atoms with Crippen molar-refractivity contribution in [3.05, 3.63) is 59.7 Å². The van der Waals surface area contributed by atoms with Crippen LogP contribution in [-0.4, -0.2) is 97.8 Å². The second kappa shape index (κ2) is 19.5. The van der Waals surface area contributed by atoms with Gasteiger partial charge in [-0.2, -0.15) is 0 Å². The Bertz CT molecular complexity index is 1440. The molecule has 14 nitrogen and oxygen atoms in total. The molecule has 4 amide bonds. The molecule has 9 N–H and O–H groups in total. The van der Waals surface area contributed by atoms with Gasteiger partial charge in [0, 0.05) is 25.4 Å². The Kier molecular flexibility index (Phi) is 15.5. The number of amides is 4. The normalized spacial score (nSPS) is 17.2. The van der Waals surface area contributed by atoms with E-state index in [1.165, 1.54) is 48.2 Å². The Morgan fingerprint density at radius 2 is 1.38 bits per heavy atom. The summed E-state index contributed by atoms with van der Waals surface area (Å²) in [6.07, 6.45) is 4.55. The van der Waals surface area contributed by atoms with Crippen LogP contribution in [0, 0.1) is 0 Å². The van der Waals surface area contributed by atoms with Gasteiger partial charge in [0.1, 0.15) is 41.8 Å². The average Bonchev–Trinajstić information content (AvgIpc) is 3.58. The number of aromatic hydroxyl groups is 2. The van der Waals surface area contributed by atoms with Crippen LogP contribution in [-0.2, 0) is 36.8 Å². The first-order valence-electron chi connectivity index (χ1n) is 17.2. The summed E-state index contributed by atoms with van der Waals surface area (Å²) in [4.78, 5) is 66.8. The first kappa shape index (κ1) is 39.7. The standard InChI is InChI=1S/C36H51N5O9/c1-3-4-5-6-7-9-27(37)31(44)34(47)38-22(2)35(48)41-19-8-10-30(41)33(46)39-28(20-23-11-15-25(42)16-12-23)32(45)40-29(36(49)50)21-24-13-17-26(43)18-14-24/h11-18,22,27-31,42-44H,3-10,19-21,37H2,1-2H3,(H,38,47)(H,39,46)(H,40,45)(H,49,50). The summed E-state index contributed by atoms with van der Waals surface area (Å²) in [6.45, 7) is 3.78. The summed E-state index contributed by atoms with van der Waals surface area (Å²) < 4.78 is 0. The number of likely N-dealkylation sites (tertiary alicyclic amines) is 1. The molecular weight excluding hydrogens is 646 g/mol.